The summed E-state index contributed by atoms with van der Waals surface area (Å²) in [5, 5.41) is 3.31. The Morgan fingerprint density at radius 2 is 1.89 bits per heavy atom. The van der Waals surface area contributed by atoms with Crippen LogP contribution in [-0.2, 0) is 24.4 Å². The highest BCUT2D eigenvalue weighted by Crippen LogP contribution is 2.18. The lowest BCUT2D eigenvalue weighted by Gasteiger charge is -2.14. The van der Waals surface area contributed by atoms with E-state index in [1.807, 2.05) is 0 Å². The number of nitrogens with zero attached hydrogens (tertiary/aromatic N) is 2. The van der Waals surface area contributed by atoms with Gasteiger partial charge in [-0.25, -0.2) is 4.79 Å². The zero-order valence-electron chi connectivity index (χ0n) is 19.5. The van der Waals surface area contributed by atoms with Crippen LogP contribution in [0, 0.1) is 0 Å². The van der Waals surface area contributed by atoms with Crippen LogP contribution in [0.4, 0.5) is 0 Å². The molecule has 1 N–H and O–H groups in total. The fourth-order valence-corrected chi connectivity index (χ4v) is 4.02. The maximum absolute atomic E-state index is 13.4. The van der Waals surface area contributed by atoms with Gasteiger partial charge in [0.15, 0.2) is 5.78 Å². The molecule has 0 aliphatic rings. The lowest BCUT2D eigenvalue weighted by atomic mass is 10.1. The van der Waals surface area contributed by atoms with Crippen LogP contribution in [0.25, 0.3) is 10.9 Å². The molecule has 0 aliphatic heterocycles. The molecular weight excluding hydrogens is 486 g/mol. The zero-order chi connectivity index (χ0) is 25.7. The lowest BCUT2D eigenvalue weighted by molar-refractivity contribution is -0.121. The zero-order valence-corrected chi connectivity index (χ0v) is 20.3. The van der Waals surface area contributed by atoms with Crippen LogP contribution in [0.3, 0.4) is 0 Å². The molecule has 9 nitrogen and oxygen atoms in total. The van der Waals surface area contributed by atoms with Crippen molar-refractivity contribution in [1.82, 2.24) is 14.5 Å². The van der Waals surface area contributed by atoms with Gasteiger partial charge in [0.25, 0.3) is 5.56 Å². The van der Waals surface area contributed by atoms with E-state index in [0.717, 1.165) is 4.57 Å². The highest BCUT2D eigenvalue weighted by atomic mass is 35.5. The number of amides is 1. The number of carbonyl (C=O) groups is 2. The summed E-state index contributed by atoms with van der Waals surface area (Å²) >= 11 is 6.14. The Bertz CT molecular complexity index is 1520. The summed E-state index contributed by atoms with van der Waals surface area (Å²) in [7, 11) is 1.50. The molecule has 186 valence electrons. The molecule has 0 fully saturated rings. The third-order valence-corrected chi connectivity index (χ3v) is 5.94. The summed E-state index contributed by atoms with van der Waals surface area (Å²) in [4.78, 5) is 51.7. The highest BCUT2D eigenvalue weighted by molar-refractivity contribution is 6.31. The number of aromatic nitrogens is 2. The first-order valence-corrected chi connectivity index (χ1v) is 11.6. The predicted molar refractivity (Wildman–Crippen MR) is 135 cm³/mol. The molecule has 1 amide bonds. The van der Waals surface area contributed by atoms with Crippen LogP contribution in [0.5, 0.6) is 5.75 Å². The first-order chi connectivity index (χ1) is 17.4. The van der Waals surface area contributed by atoms with Crippen molar-refractivity contribution in [2.45, 2.75) is 32.5 Å². The monoisotopic (exact) mass is 509 g/mol. The average Bonchev–Trinajstić information content (AvgIpc) is 3.41. The van der Waals surface area contributed by atoms with Gasteiger partial charge in [0.1, 0.15) is 11.5 Å². The topological polar surface area (TPSA) is 113 Å². The number of halogens is 1. The van der Waals surface area contributed by atoms with Crippen molar-refractivity contribution in [2.24, 2.45) is 0 Å². The van der Waals surface area contributed by atoms with Gasteiger partial charge < -0.3 is 14.5 Å². The number of hydrogen-bond acceptors (Lipinski definition) is 6. The third-order valence-electron chi connectivity index (χ3n) is 5.71. The van der Waals surface area contributed by atoms with Crippen molar-refractivity contribution >= 4 is 34.2 Å². The van der Waals surface area contributed by atoms with Gasteiger partial charge in [-0.1, -0.05) is 23.7 Å². The van der Waals surface area contributed by atoms with Crippen molar-refractivity contribution in [3.05, 3.63) is 98.0 Å². The summed E-state index contributed by atoms with van der Waals surface area (Å²) in [6, 6.07) is 14.6. The Kier molecular flexibility index (Phi) is 7.70. The maximum Gasteiger partial charge on any atom is 0.331 e. The molecule has 0 bridgehead atoms. The summed E-state index contributed by atoms with van der Waals surface area (Å²) < 4.78 is 12.6. The predicted octanol–water partition coefficient (Wildman–Crippen LogP) is 3.40. The van der Waals surface area contributed by atoms with Gasteiger partial charge in [-0.3, -0.25) is 23.5 Å². The Morgan fingerprint density at radius 3 is 2.64 bits per heavy atom. The minimum Gasteiger partial charge on any atom is -0.497 e. The Labute approximate surface area is 210 Å². The molecule has 2 aromatic heterocycles. The van der Waals surface area contributed by atoms with E-state index >= 15 is 0 Å². The molecule has 2 aromatic carbocycles. The number of rotatable bonds is 10. The number of methoxy groups -OCH3 is 1. The number of benzene rings is 2. The van der Waals surface area contributed by atoms with Crippen LogP contribution in [0.15, 0.2) is 74.9 Å². The van der Waals surface area contributed by atoms with Gasteiger partial charge in [0.05, 0.1) is 37.4 Å². The van der Waals surface area contributed by atoms with E-state index < -0.39 is 11.2 Å². The van der Waals surface area contributed by atoms with Crippen LogP contribution >= 0.6 is 11.6 Å². The highest BCUT2D eigenvalue weighted by Gasteiger charge is 2.17. The number of hydrogen-bond donors (Lipinski definition) is 1. The molecule has 0 spiro atoms. The van der Waals surface area contributed by atoms with Crippen molar-refractivity contribution < 1.29 is 18.7 Å². The molecular formula is C26H24ClN3O6. The summed E-state index contributed by atoms with van der Waals surface area (Å²) in [6.45, 7) is -0.0355. The Hall–Kier alpha value is -4.11. The van der Waals surface area contributed by atoms with Gasteiger partial charge in [0, 0.05) is 23.6 Å². The SMILES string of the molecule is COc1cccc(C(=O)Cn2c(=O)n(CCCC(=O)NCc3ccco3)c(=O)c3ccc(Cl)cc32)c1. The number of ether oxygens (including phenoxy) is 1. The molecule has 2 heterocycles. The molecule has 0 saturated carbocycles. The van der Waals surface area contributed by atoms with Crippen LogP contribution < -0.4 is 21.3 Å². The largest absolute Gasteiger partial charge is 0.497 e. The minimum atomic E-state index is -0.651. The molecule has 36 heavy (non-hydrogen) atoms. The summed E-state index contributed by atoms with van der Waals surface area (Å²) in [5.74, 6) is 0.563. The number of Topliss-reactive ketones (excluding diaryl/α,β-unsaturated/α-hetero) is 1. The first kappa shape index (κ1) is 25.0. The molecule has 4 aromatic rings. The summed E-state index contributed by atoms with van der Waals surface area (Å²) in [5.41, 5.74) is -0.529. The molecule has 0 saturated heterocycles. The second-order valence-corrected chi connectivity index (χ2v) is 8.54. The normalized spacial score (nSPS) is 10.9. The molecule has 0 atom stereocenters. The van der Waals surface area contributed by atoms with E-state index in [1.54, 1.807) is 42.5 Å². The molecule has 0 unspecified atom stereocenters. The fourth-order valence-electron chi connectivity index (χ4n) is 3.86. The van der Waals surface area contributed by atoms with Gasteiger partial charge in [-0.2, -0.15) is 0 Å². The van der Waals surface area contributed by atoms with Gasteiger partial charge in [-0.05, 0) is 48.9 Å². The second-order valence-electron chi connectivity index (χ2n) is 8.10. The second kappa shape index (κ2) is 11.1. The van der Waals surface area contributed by atoms with Gasteiger partial charge >= 0.3 is 5.69 Å². The molecule has 4 rings (SSSR count). The van der Waals surface area contributed by atoms with Crippen molar-refractivity contribution in [1.29, 1.82) is 0 Å². The quantitative estimate of drug-likeness (QED) is 0.328. The van der Waals surface area contributed by atoms with E-state index in [1.165, 1.54) is 30.1 Å². The van der Waals surface area contributed by atoms with Crippen molar-refractivity contribution in [3.63, 3.8) is 0 Å². The van der Waals surface area contributed by atoms with Crippen molar-refractivity contribution in [2.75, 3.05) is 7.11 Å². The average molecular weight is 510 g/mol. The minimum absolute atomic E-state index is 0.0117. The number of furan rings is 1. The number of carbonyl (C=O) groups excluding carboxylic acids is 2. The van der Waals surface area contributed by atoms with Gasteiger partial charge in [-0.15, -0.1) is 0 Å². The smallest absolute Gasteiger partial charge is 0.331 e. The van der Waals surface area contributed by atoms with E-state index in [2.05, 4.69) is 5.32 Å². The number of fused-ring (bicyclic) bond motifs is 1. The lowest BCUT2D eigenvalue weighted by Crippen LogP contribution is -2.41. The van der Waals surface area contributed by atoms with Gasteiger partial charge in [0.2, 0.25) is 5.91 Å². The van der Waals surface area contributed by atoms with Crippen LogP contribution in [-0.4, -0.2) is 27.9 Å². The maximum atomic E-state index is 13.4. The molecule has 10 heteroatoms. The van der Waals surface area contributed by atoms with E-state index in [-0.39, 0.29) is 55.1 Å². The van der Waals surface area contributed by atoms with Crippen molar-refractivity contribution in [3.8, 4) is 5.75 Å². The Balaban J connectivity index is 1.58. The number of ketones is 1. The number of nitrogens with one attached hydrogen (secondary N) is 1. The fraction of sp³-hybridized carbons (Fsp3) is 0.231. The van der Waals surface area contributed by atoms with E-state index in [9.17, 15) is 19.2 Å². The first-order valence-electron chi connectivity index (χ1n) is 11.3. The molecule has 0 aliphatic carbocycles. The standard InChI is InChI=1S/C26H24ClN3O6/c1-35-19-6-2-5-17(13-19)23(31)16-30-22-14-18(27)9-10-21(22)25(33)29(26(30)34)11-3-8-24(32)28-15-20-7-4-12-36-20/h2,4-7,9-10,12-14H,3,8,11,15-16H2,1H3,(H,28,32). The third kappa shape index (κ3) is 5.58. The molecule has 0 radical (unpaired) electrons. The van der Waals surface area contributed by atoms with E-state index in [4.69, 9.17) is 20.8 Å². The van der Waals surface area contributed by atoms with Crippen LogP contribution in [0.2, 0.25) is 5.02 Å². The van der Waals surface area contributed by atoms with E-state index in [0.29, 0.717) is 22.1 Å². The summed E-state index contributed by atoms with van der Waals surface area (Å²) in [6.07, 6.45) is 1.88. The Morgan fingerprint density at radius 1 is 1.06 bits per heavy atom. The van der Waals surface area contributed by atoms with Crippen LogP contribution in [0.1, 0.15) is 29.0 Å².